The fourth-order valence-electron chi connectivity index (χ4n) is 3.08. The van der Waals surface area contributed by atoms with Crippen LogP contribution < -0.4 is 10.1 Å². The molecule has 0 aliphatic rings. The second-order valence-corrected chi connectivity index (χ2v) is 7.67. The van der Waals surface area contributed by atoms with Crippen molar-refractivity contribution >= 4 is 23.2 Å². The number of benzene rings is 1. The Morgan fingerprint density at radius 2 is 1.79 bits per heavy atom. The number of rotatable bonds is 10. The lowest BCUT2D eigenvalue weighted by molar-refractivity contribution is 0.0643. The van der Waals surface area contributed by atoms with E-state index in [0.29, 0.717) is 22.9 Å². The van der Waals surface area contributed by atoms with Gasteiger partial charge in [-0.1, -0.05) is 11.6 Å². The van der Waals surface area contributed by atoms with E-state index in [9.17, 15) is 4.79 Å². The highest BCUT2D eigenvalue weighted by molar-refractivity contribution is 6.32. The molecule has 0 spiro atoms. The van der Waals surface area contributed by atoms with Crippen LogP contribution in [0, 0.1) is 0 Å². The van der Waals surface area contributed by atoms with Crippen molar-refractivity contribution in [2.75, 3.05) is 18.5 Å². The van der Waals surface area contributed by atoms with E-state index in [4.69, 9.17) is 16.3 Å². The number of aromatic nitrogens is 1. The summed E-state index contributed by atoms with van der Waals surface area (Å²) >= 11 is 6.34. The summed E-state index contributed by atoms with van der Waals surface area (Å²) in [5, 5.41) is 3.81. The van der Waals surface area contributed by atoms with E-state index < -0.39 is 0 Å². The van der Waals surface area contributed by atoms with Gasteiger partial charge in [0.05, 0.1) is 11.6 Å². The van der Waals surface area contributed by atoms with Gasteiger partial charge in [-0.15, -0.1) is 0 Å². The lowest BCUT2D eigenvalue weighted by atomic mass is 10.1. The molecule has 0 atom stereocenters. The third-order valence-electron chi connectivity index (χ3n) is 4.36. The highest BCUT2D eigenvalue weighted by Crippen LogP contribution is 2.27. The predicted molar refractivity (Wildman–Crippen MR) is 115 cm³/mol. The second-order valence-electron chi connectivity index (χ2n) is 7.26. The molecular formula is C22H30ClN3O2. The minimum atomic E-state index is -0.0133. The average Bonchev–Trinajstić information content (AvgIpc) is 2.65. The molecule has 1 N–H and O–H groups in total. The number of hydrogen-bond acceptors (Lipinski definition) is 4. The van der Waals surface area contributed by atoms with E-state index in [2.05, 4.69) is 10.3 Å². The van der Waals surface area contributed by atoms with Crippen LogP contribution in [0.3, 0.4) is 0 Å². The number of anilines is 1. The summed E-state index contributed by atoms with van der Waals surface area (Å²) in [4.78, 5) is 18.6. The molecule has 1 aromatic heterocycles. The summed E-state index contributed by atoms with van der Waals surface area (Å²) in [5.41, 5.74) is 1.65. The Labute approximate surface area is 173 Å². The van der Waals surface area contributed by atoms with Crippen molar-refractivity contribution in [3.05, 3.63) is 53.3 Å². The fourth-order valence-corrected chi connectivity index (χ4v) is 3.31. The smallest absolute Gasteiger partial charge is 0.254 e. The average molecular weight is 404 g/mol. The SMILES string of the molecule is CC(C)N(C(=O)c1ccc(OCCCCNc2ccncc2)c(Cl)c1)C(C)C. The summed E-state index contributed by atoms with van der Waals surface area (Å²) < 4.78 is 5.78. The van der Waals surface area contributed by atoms with Crippen molar-refractivity contribution in [1.82, 2.24) is 9.88 Å². The number of unbranched alkanes of at least 4 members (excludes halogenated alkanes) is 1. The summed E-state index contributed by atoms with van der Waals surface area (Å²) in [6, 6.07) is 9.40. The van der Waals surface area contributed by atoms with Gasteiger partial charge in [-0.3, -0.25) is 9.78 Å². The van der Waals surface area contributed by atoms with Crippen LogP contribution in [0.25, 0.3) is 0 Å². The number of pyridine rings is 1. The number of amides is 1. The molecule has 6 heteroatoms. The van der Waals surface area contributed by atoms with Crippen LogP contribution in [0.2, 0.25) is 5.02 Å². The van der Waals surface area contributed by atoms with E-state index >= 15 is 0 Å². The van der Waals surface area contributed by atoms with Crippen molar-refractivity contribution in [2.45, 2.75) is 52.6 Å². The number of halogens is 1. The van der Waals surface area contributed by atoms with E-state index in [-0.39, 0.29) is 18.0 Å². The molecule has 28 heavy (non-hydrogen) atoms. The van der Waals surface area contributed by atoms with Crippen molar-refractivity contribution in [3.63, 3.8) is 0 Å². The molecule has 0 aliphatic carbocycles. The Morgan fingerprint density at radius 1 is 1.11 bits per heavy atom. The molecule has 0 unspecified atom stereocenters. The Bertz CT molecular complexity index is 743. The van der Waals surface area contributed by atoms with Gasteiger partial charge in [-0.25, -0.2) is 0 Å². The first kappa shape index (κ1) is 22.0. The van der Waals surface area contributed by atoms with E-state index in [1.165, 1.54) is 0 Å². The minimum absolute atomic E-state index is 0.0133. The molecule has 0 saturated carbocycles. The molecule has 0 radical (unpaired) electrons. The summed E-state index contributed by atoms with van der Waals surface area (Å²) in [7, 11) is 0. The molecule has 0 fully saturated rings. The van der Waals surface area contributed by atoms with Gasteiger partial charge in [0.25, 0.3) is 5.91 Å². The maximum Gasteiger partial charge on any atom is 0.254 e. The van der Waals surface area contributed by atoms with Gasteiger partial charge in [-0.05, 0) is 70.9 Å². The highest BCUT2D eigenvalue weighted by Gasteiger charge is 2.22. The van der Waals surface area contributed by atoms with Crippen LogP contribution in [-0.4, -0.2) is 41.0 Å². The number of carbonyl (C=O) groups excluding carboxylic acids is 1. The quantitative estimate of drug-likeness (QED) is 0.549. The molecule has 0 aliphatic heterocycles. The van der Waals surface area contributed by atoms with E-state index in [1.807, 2.05) is 44.7 Å². The molecule has 5 nitrogen and oxygen atoms in total. The highest BCUT2D eigenvalue weighted by atomic mass is 35.5. The van der Waals surface area contributed by atoms with Gasteiger partial charge in [0.2, 0.25) is 0 Å². The lowest BCUT2D eigenvalue weighted by Crippen LogP contribution is -2.42. The zero-order valence-electron chi connectivity index (χ0n) is 17.1. The Hall–Kier alpha value is -2.27. The van der Waals surface area contributed by atoms with Crippen LogP contribution in [0.1, 0.15) is 50.9 Å². The predicted octanol–water partition coefficient (Wildman–Crippen LogP) is 5.27. The molecule has 0 bridgehead atoms. The normalized spacial score (nSPS) is 11.0. The molecule has 1 aromatic carbocycles. The summed E-state index contributed by atoms with van der Waals surface area (Å²) in [5.74, 6) is 0.599. The van der Waals surface area contributed by atoms with E-state index in [0.717, 1.165) is 25.1 Å². The number of hydrogen-bond donors (Lipinski definition) is 1. The fraction of sp³-hybridized carbons (Fsp3) is 0.455. The van der Waals surface area contributed by atoms with Crippen molar-refractivity contribution in [2.24, 2.45) is 0 Å². The third-order valence-corrected chi connectivity index (χ3v) is 4.66. The van der Waals surface area contributed by atoms with Crippen LogP contribution in [0.5, 0.6) is 5.75 Å². The Kier molecular flexibility index (Phi) is 8.58. The van der Waals surface area contributed by atoms with Gasteiger partial charge in [0, 0.05) is 42.3 Å². The first-order valence-electron chi connectivity index (χ1n) is 9.79. The van der Waals surface area contributed by atoms with Crippen LogP contribution in [0.4, 0.5) is 5.69 Å². The number of ether oxygens (including phenoxy) is 1. The molecule has 1 heterocycles. The first-order valence-corrected chi connectivity index (χ1v) is 10.2. The second kappa shape index (κ2) is 10.9. The zero-order valence-corrected chi connectivity index (χ0v) is 17.9. The van der Waals surface area contributed by atoms with Crippen LogP contribution in [-0.2, 0) is 0 Å². The standard InChI is InChI=1S/C22H30ClN3O2/c1-16(2)26(17(3)4)22(27)18-7-8-21(20(23)15-18)28-14-6-5-11-25-19-9-12-24-13-10-19/h7-10,12-13,15-17H,5-6,11,14H2,1-4H3,(H,24,25). The van der Waals surface area contributed by atoms with Crippen molar-refractivity contribution in [1.29, 1.82) is 0 Å². The van der Waals surface area contributed by atoms with Gasteiger partial charge in [-0.2, -0.15) is 0 Å². The maximum absolute atomic E-state index is 12.8. The van der Waals surface area contributed by atoms with E-state index in [1.54, 1.807) is 30.6 Å². The third kappa shape index (κ3) is 6.41. The topological polar surface area (TPSA) is 54.5 Å². The molecule has 1 amide bonds. The van der Waals surface area contributed by atoms with Crippen LogP contribution in [0.15, 0.2) is 42.7 Å². The molecule has 2 rings (SSSR count). The largest absolute Gasteiger partial charge is 0.492 e. The van der Waals surface area contributed by atoms with Crippen LogP contribution >= 0.6 is 11.6 Å². The maximum atomic E-state index is 12.8. The Morgan fingerprint density at radius 3 is 2.39 bits per heavy atom. The zero-order chi connectivity index (χ0) is 20.5. The number of nitrogens with one attached hydrogen (secondary N) is 1. The number of nitrogens with zero attached hydrogens (tertiary/aromatic N) is 2. The summed E-state index contributed by atoms with van der Waals surface area (Å²) in [6.45, 7) is 9.51. The Balaban J connectivity index is 1.81. The lowest BCUT2D eigenvalue weighted by Gasteiger charge is -2.31. The minimum Gasteiger partial charge on any atom is -0.492 e. The molecule has 0 saturated heterocycles. The molecule has 2 aromatic rings. The van der Waals surface area contributed by atoms with Gasteiger partial charge >= 0.3 is 0 Å². The van der Waals surface area contributed by atoms with Gasteiger partial charge in [0.15, 0.2) is 0 Å². The van der Waals surface area contributed by atoms with Gasteiger partial charge in [0.1, 0.15) is 5.75 Å². The summed E-state index contributed by atoms with van der Waals surface area (Å²) in [6.07, 6.45) is 5.42. The monoisotopic (exact) mass is 403 g/mol. The van der Waals surface area contributed by atoms with Crippen molar-refractivity contribution < 1.29 is 9.53 Å². The number of carbonyl (C=O) groups is 1. The molecule has 152 valence electrons. The first-order chi connectivity index (χ1) is 13.4. The van der Waals surface area contributed by atoms with Gasteiger partial charge < -0.3 is 15.0 Å². The molecular weight excluding hydrogens is 374 g/mol. The van der Waals surface area contributed by atoms with Crippen molar-refractivity contribution in [3.8, 4) is 5.75 Å².